The summed E-state index contributed by atoms with van der Waals surface area (Å²) in [6.07, 6.45) is 1.37. The first kappa shape index (κ1) is 23.4. The van der Waals surface area contributed by atoms with Crippen LogP contribution in [0.15, 0.2) is 44.7 Å². The number of rotatable bonds is 6. The summed E-state index contributed by atoms with van der Waals surface area (Å²) in [4.78, 5) is 28.9. The third-order valence-corrected chi connectivity index (χ3v) is 5.05. The van der Waals surface area contributed by atoms with Crippen LogP contribution in [0.3, 0.4) is 0 Å². The maximum Gasteiger partial charge on any atom is 0.315 e. The molecule has 3 rings (SSSR count). The van der Waals surface area contributed by atoms with Crippen LogP contribution in [0.5, 0.6) is 11.5 Å². The average molecular weight is 503 g/mol. The molecule has 0 unspecified atom stereocenters. The van der Waals surface area contributed by atoms with Crippen LogP contribution in [0.1, 0.15) is 39.1 Å². The second-order valence-corrected chi connectivity index (χ2v) is 8.89. The standard InChI is InChI=1S/C22H23BrN4O5/c1-6-32-18-10-13(9-17(27(29)30)19(18)31-5)12-24-26-20(28)15-11-14(23)7-8-16(15)25-21(26)22(2,3)4/h7-12H,6H2,1-5H3. The molecule has 0 bridgehead atoms. The molecule has 0 atom stereocenters. The number of methoxy groups -OCH3 is 1. The van der Waals surface area contributed by atoms with E-state index in [1.165, 1.54) is 24.1 Å². The van der Waals surface area contributed by atoms with Crippen molar-refractivity contribution in [2.75, 3.05) is 13.7 Å². The van der Waals surface area contributed by atoms with Gasteiger partial charge in [-0.1, -0.05) is 36.7 Å². The molecular formula is C22H23BrN4O5. The first-order valence-corrected chi connectivity index (χ1v) is 10.6. The highest BCUT2D eigenvalue weighted by molar-refractivity contribution is 9.10. The van der Waals surface area contributed by atoms with Crippen LogP contribution in [-0.2, 0) is 5.41 Å². The predicted molar refractivity (Wildman–Crippen MR) is 126 cm³/mol. The number of hydrogen-bond acceptors (Lipinski definition) is 7. The molecule has 0 saturated carbocycles. The smallest absolute Gasteiger partial charge is 0.315 e. The Morgan fingerprint density at radius 3 is 2.59 bits per heavy atom. The molecule has 10 heteroatoms. The minimum absolute atomic E-state index is 0.0266. The van der Waals surface area contributed by atoms with E-state index in [9.17, 15) is 14.9 Å². The number of nitrogens with zero attached hydrogens (tertiary/aromatic N) is 4. The molecule has 9 nitrogen and oxygen atoms in total. The first-order chi connectivity index (χ1) is 15.1. The topological polar surface area (TPSA) is 109 Å². The Labute approximate surface area is 193 Å². The fourth-order valence-corrected chi connectivity index (χ4v) is 3.51. The summed E-state index contributed by atoms with van der Waals surface area (Å²) in [6, 6.07) is 8.17. The van der Waals surface area contributed by atoms with Crippen molar-refractivity contribution >= 4 is 38.7 Å². The van der Waals surface area contributed by atoms with Gasteiger partial charge in [0.2, 0.25) is 5.75 Å². The molecule has 0 aliphatic rings. The predicted octanol–water partition coefficient (Wildman–Crippen LogP) is 4.65. The molecule has 1 heterocycles. The van der Waals surface area contributed by atoms with E-state index in [0.717, 1.165) is 4.47 Å². The van der Waals surface area contributed by atoms with Crippen LogP contribution >= 0.6 is 15.9 Å². The summed E-state index contributed by atoms with van der Waals surface area (Å²) >= 11 is 3.38. The van der Waals surface area contributed by atoms with Crippen molar-refractivity contribution in [1.82, 2.24) is 9.66 Å². The van der Waals surface area contributed by atoms with Gasteiger partial charge in [-0.2, -0.15) is 9.78 Å². The van der Waals surface area contributed by atoms with Gasteiger partial charge in [-0.15, -0.1) is 0 Å². The fraction of sp³-hybridized carbons (Fsp3) is 0.318. The van der Waals surface area contributed by atoms with Crippen molar-refractivity contribution in [3.8, 4) is 11.5 Å². The van der Waals surface area contributed by atoms with Gasteiger partial charge in [0.15, 0.2) is 5.75 Å². The van der Waals surface area contributed by atoms with Gasteiger partial charge in [0.25, 0.3) is 5.56 Å². The molecule has 168 valence electrons. The lowest BCUT2D eigenvalue weighted by Gasteiger charge is -2.20. The molecule has 0 aliphatic carbocycles. The number of nitro groups is 1. The van der Waals surface area contributed by atoms with Crippen molar-refractivity contribution < 1.29 is 14.4 Å². The summed E-state index contributed by atoms with van der Waals surface area (Å²) in [6.45, 7) is 7.84. The van der Waals surface area contributed by atoms with Gasteiger partial charge in [-0.3, -0.25) is 14.9 Å². The van der Waals surface area contributed by atoms with Gasteiger partial charge >= 0.3 is 5.69 Å². The van der Waals surface area contributed by atoms with Crippen LogP contribution in [0.25, 0.3) is 10.9 Å². The van der Waals surface area contributed by atoms with Crippen molar-refractivity contribution in [3.05, 3.63) is 66.7 Å². The third-order valence-electron chi connectivity index (χ3n) is 4.56. The minimum atomic E-state index is -0.555. The molecule has 3 aromatic rings. The van der Waals surface area contributed by atoms with Crippen molar-refractivity contribution in [3.63, 3.8) is 0 Å². The zero-order valence-corrected chi connectivity index (χ0v) is 20.0. The van der Waals surface area contributed by atoms with Crippen molar-refractivity contribution in [2.24, 2.45) is 5.10 Å². The summed E-state index contributed by atoms with van der Waals surface area (Å²) in [5.74, 6) is 0.704. The van der Waals surface area contributed by atoms with Crippen LogP contribution < -0.4 is 15.0 Å². The third kappa shape index (κ3) is 4.64. The molecule has 0 radical (unpaired) electrons. The Kier molecular flexibility index (Phi) is 6.63. The molecular weight excluding hydrogens is 480 g/mol. The zero-order valence-electron chi connectivity index (χ0n) is 18.4. The van der Waals surface area contributed by atoms with Crippen LogP contribution in [0.2, 0.25) is 0 Å². The molecule has 0 N–H and O–H groups in total. The Bertz CT molecular complexity index is 1280. The summed E-state index contributed by atoms with van der Waals surface area (Å²) in [5.41, 5.74) is -0.148. The van der Waals surface area contributed by atoms with Crippen molar-refractivity contribution in [2.45, 2.75) is 33.1 Å². The summed E-state index contributed by atoms with van der Waals surface area (Å²) in [7, 11) is 1.34. The highest BCUT2D eigenvalue weighted by atomic mass is 79.9. The van der Waals surface area contributed by atoms with Gasteiger partial charge in [0.05, 0.1) is 35.8 Å². The molecule has 0 spiro atoms. The van der Waals surface area contributed by atoms with E-state index < -0.39 is 10.3 Å². The summed E-state index contributed by atoms with van der Waals surface area (Å²) < 4.78 is 12.6. The molecule has 2 aromatic carbocycles. The molecule has 0 fully saturated rings. The van der Waals surface area contributed by atoms with Crippen molar-refractivity contribution in [1.29, 1.82) is 0 Å². The normalized spacial score (nSPS) is 11.8. The van der Waals surface area contributed by atoms with Crippen LogP contribution in [-0.4, -0.2) is 34.5 Å². The molecule has 1 aromatic heterocycles. The molecule has 0 aliphatic heterocycles. The number of aromatic nitrogens is 2. The number of fused-ring (bicyclic) bond motifs is 1. The Morgan fingerprint density at radius 2 is 2.00 bits per heavy atom. The molecule has 0 saturated heterocycles. The van der Waals surface area contributed by atoms with E-state index in [-0.39, 0.29) is 22.7 Å². The maximum absolute atomic E-state index is 13.2. The van der Waals surface area contributed by atoms with E-state index in [1.807, 2.05) is 26.8 Å². The van der Waals surface area contributed by atoms with E-state index in [1.54, 1.807) is 25.1 Å². The highest BCUT2D eigenvalue weighted by Gasteiger charge is 2.24. The summed E-state index contributed by atoms with van der Waals surface area (Å²) in [5, 5.41) is 16.3. The lowest BCUT2D eigenvalue weighted by Crippen LogP contribution is -2.29. The zero-order chi connectivity index (χ0) is 23.6. The van der Waals surface area contributed by atoms with E-state index in [0.29, 0.717) is 28.9 Å². The monoisotopic (exact) mass is 502 g/mol. The van der Waals surface area contributed by atoms with E-state index in [4.69, 9.17) is 9.47 Å². The minimum Gasteiger partial charge on any atom is -0.490 e. The fourth-order valence-electron chi connectivity index (χ4n) is 3.15. The maximum atomic E-state index is 13.2. The number of halogens is 1. The van der Waals surface area contributed by atoms with Gasteiger partial charge in [0, 0.05) is 21.5 Å². The Balaban J connectivity index is 2.23. The quantitative estimate of drug-likeness (QED) is 0.275. The van der Waals surface area contributed by atoms with E-state index >= 15 is 0 Å². The second-order valence-electron chi connectivity index (χ2n) is 7.97. The van der Waals surface area contributed by atoms with Gasteiger partial charge in [-0.25, -0.2) is 4.98 Å². The highest BCUT2D eigenvalue weighted by Crippen LogP contribution is 2.37. The Morgan fingerprint density at radius 1 is 1.28 bits per heavy atom. The molecule has 0 amide bonds. The number of nitro benzene ring substituents is 1. The Hall–Kier alpha value is -3.27. The van der Waals surface area contributed by atoms with Crippen LogP contribution in [0, 0.1) is 10.1 Å². The SMILES string of the molecule is CCOc1cc(C=Nn2c(C(C)(C)C)nc3ccc(Br)cc3c2=O)cc([N+](=O)[O-])c1OC. The van der Waals surface area contributed by atoms with Gasteiger partial charge in [0.1, 0.15) is 5.82 Å². The lowest BCUT2D eigenvalue weighted by molar-refractivity contribution is -0.385. The van der Waals surface area contributed by atoms with Gasteiger partial charge < -0.3 is 9.47 Å². The lowest BCUT2D eigenvalue weighted by atomic mass is 9.95. The van der Waals surface area contributed by atoms with E-state index in [2.05, 4.69) is 26.0 Å². The van der Waals surface area contributed by atoms with Crippen LogP contribution in [0.4, 0.5) is 5.69 Å². The number of benzene rings is 2. The molecule has 32 heavy (non-hydrogen) atoms. The van der Waals surface area contributed by atoms with Gasteiger partial charge in [-0.05, 0) is 31.2 Å². The number of ether oxygens (including phenoxy) is 2. The number of hydrogen-bond donors (Lipinski definition) is 0. The largest absolute Gasteiger partial charge is 0.490 e. The second kappa shape index (κ2) is 9.07. The first-order valence-electron chi connectivity index (χ1n) is 9.83. The average Bonchev–Trinajstić information content (AvgIpc) is 2.72.